The van der Waals surface area contributed by atoms with Crippen molar-refractivity contribution in [3.8, 4) is 0 Å². The van der Waals surface area contributed by atoms with E-state index in [1.54, 1.807) is 16.9 Å². The van der Waals surface area contributed by atoms with Crippen molar-refractivity contribution in [2.45, 2.75) is 19.1 Å². The lowest BCUT2D eigenvalue weighted by molar-refractivity contribution is -0.176. The van der Waals surface area contributed by atoms with Crippen LogP contribution in [0.2, 0.25) is 0 Å². The number of hydrazine groups is 1. The molecule has 0 aromatic rings. The molecule has 0 unspecified atom stereocenters. The Labute approximate surface area is 77.8 Å². The van der Waals surface area contributed by atoms with Gasteiger partial charge in [0.1, 0.15) is 6.04 Å². The largest absolute Gasteiger partial charge is 0.480 e. The quantitative estimate of drug-likeness (QED) is 0.641. The Bertz CT molecular complexity index is 196. The zero-order valence-electron chi connectivity index (χ0n) is 8.23. The summed E-state index contributed by atoms with van der Waals surface area (Å²) in [4.78, 5) is 10.9. The van der Waals surface area contributed by atoms with E-state index in [-0.39, 0.29) is 6.10 Å². The van der Waals surface area contributed by atoms with Crippen molar-refractivity contribution in [1.82, 2.24) is 10.0 Å². The molecule has 13 heavy (non-hydrogen) atoms. The molecule has 1 heterocycles. The molecule has 5 heteroatoms. The number of ether oxygens (including phenoxy) is 1. The SMILES string of the molecule is C[C@H]1OCCN(N(C)C)[C@@H]1C(=O)O. The number of hydrogen-bond acceptors (Lipinski definition) is 4. The summed E-state index contributed by atoms with van der Waals surface area (Å²) in [7, 11) is 3.68. The van der Waals surface area contributed by atoms with Crippen LogP contribution in [-0.4, -0.2) is 60.5 Å². The predicted molar refractivity (Wildman–Crippen MR) is 47.2 cm³/mol. The van der Waals surface area contributed by atoms with Crippen LogP contribution in [0, 0.1) is 0 Å². The van der Waals surface area contributed by atoms with Gasteiger partial charge >= 0.3 is 5.97 Å². The lowest BCUT2D eigenvalue weighted by Gasteiger charge is -2.40. The lowest BCUT2D eigenvalue weighted by atomic mass is 10.1. The topological polar surface area (TPSA) is 53.0 Å². The first-order chi connectivity index (χ1) is 6.04. The van der Waals surface area contributed by atoms with Crippen LogP contribution in [0.5, 0.6) is 0 Å². The van der Waals surface area contributed by atoms with Crippen molar-refractivity contribution in [2.75, 3.05) is 27.2 Å². The van der Waals surface area contributed by atoms with Gasteiger partial charge in [0.15, 0.2) is 0 Å². The van der Waals surface area contributed by atoms with Gasteiger partial charge in [-0.05, 0) is 6.92 Å². The fourth-order valence-electron chi connectivity index (χ4n) is 1.58. The molecular formula is C8H16N2O3. The average Bonchev–Trinajstić information content (AvgIpc) is 2.02. The maximum Gasteiger partial charge on any atom is 0.325 e. The van der Waals surface area contributed by atoms with Gasteiger partial charge in [0.05, 0.1) is 12.7 Å². The number of rotatable bonds is 2. The van der Waals surface area contributed by atoms with E-state index < -0.39 is 12.0 Å². The molecule has 1 fully saturated rings. The second kappa shape index (κ2) is 4.04. The summed E-state index contributed by atoms with van der Waals surface area (Å²) in [5.74, 6) is -0.832. The first-order valence-corrected chi connectivity index (χ1v) is 4.32. The second-order valence-electron chi connectivity index (χ2n) is 3.37. The van der Waals surface area contributed by atoms with E-state index in [1.807, 2.05) is 14.1 Å². The normalized spacial score (nSPS) is 30.8. The molecule has 0 aliphatic carbocycles. The van der Waals surface area contributed by atoms with E-state index in [9.17, 15) is 4.79 Å². The molecule has 0 amide bonds. The number of carboxylic acids is 1. The number of hydrogen-bond donors (Lipinski definition) is 1. The molecule has 0 saturated carbocycles. The van der Waals surface area contributed by atoms with Gasteiger partial charge in [-0.25, -0.2) is 10.0 Å². The van der Waals surface area contributed by atoms with Crippen LogP contribution < -0.4 is 0 Å². The molecule has 0 aromatic carbocycles. The van der Waals surface area contributed by atoms with E-state index in [0.29, 0.717) is 13.2 Å². The Balaban J connectivity index is 2.74. The standard InChI is InChI=1S/C8H16N2O3/c1-6-7(8(11)12)10(9(2)3)4-5-13-6/h6-7H,4-5H2,1-3H3,(H,11,12)/t6-,7+/m1/s1. The van der Waals surface area contributed by atoms with Crippen LogP contribution >= 0.6 is 0 Å². The van der Waals surface area contributed by atoms with Crippen molar-refractivity contribution < 1.29 is 14.6 Å². The molecule has 5 nitrogen and oxygen atoms in total. The second-order valence-corrected chi connectivity index (χ2v) is 3.37. The van der Waals surface area contributed by atoms with E-state index >= 15 is 0 Å². The minimum absolute atomic E-state index is 0.256. The number of carboxylic acid groups (broad SMARTS) is 1. The highest BCUT2D eigenvalue weighted by Crippen LogP contribution is 2.14. The van der Waals surface area contributed by atoms with E-state index in [2.05, 4.69) is 0 Å². The minimum Gasteiger partial charge on any atom is -0.480 e. The number of carbonyl (C=O) groups is 1. The highest BCUT2D eigenvalue weighted by atomic mass is 16.5. The third kappa shape index (κ3) is 2.18. The number of morpholine rings is 1. The molecule has 0 radical (unpaired) electrons. The predicted octanol–water partition coefficient (Wildman–Crippen LogP) is -0.363. The van der Waals surface area contributed by atoms with Gasteiger partial charge in [0.2, 0.25) is 0 Å². The third-order valence-electron chi connectivity index (χ3n) is 2.23. The summed E-state index contributed by atoms with van der Waals surface area (Å²) in [6.45, 7) is 3.01. The smallest absolute Gasteiger partial charge is 0.325 e. The fourth-order valence-corrected chi connectivity index (χ4v) is 1.58. The molecule has 1 rings (SSSR count). The van der Waals surface area contributed by atoms with Crippen molar-refractivity contribution in [3.63, 3.8) is 0 Å². The molecule has 0 aromatic heterocycles. The van der Waals surface area contributed by atoms with Crippen LogP contribution in [0.15, 0.2) is 0 Å². The molecular weight excluding hydrogens is 172 g/mol. The van der Waals surface area contributed by atoms with Crippen LogP contribution in [0.3, 0.4) is 0 Å². The zero-order valence-corrected chi connectivity index (χ0v) is 8.23. The van der Waals surface area contributed by atoms with Gasteiger partial charge in [0.25, 0.3) is 0 Å². The van der Waals surface area contributed by atoms with Crippen LogP contribution in [0.1, 0.15) is 6.92 Å². The van der Waals surface area contributed by atoms with Gasteiger partial charge in [0, 0.05) is 20.6 Å². The first-order valence-electron chi connectivity index (χ1n) is 4.32. The summed E-state index contributed by atoms with van der Waals surface area (Å²) < 4.78 is 5.28. The maximum absolute atomic E-state index is 10.9. The van der Waals surface area contributed by atoms with Crippen molar-refractivity contribution >= 4 is 5.97 Å². The van der Waals surface area contributed by atoms with E-state index in [1.165, 1.54) is 0 Å². The average molecular weight is 188 g/mol. The monoisotopic (exact) mass is 188 g/mol. The summed E-state index contributed by atoms with van der Waals surface area (Å²) >= 11 is 0. The molecule has 1 aliphatic heterocycles. The summed E-state index contributed by atoms with van der Waals surface area (Å²) in [6.07, 6.45) is -0.256. The van der Waals surface area contributed by atoms with Gasteiger partial charge in [-0.3, -0.25) is 4.79 Å². The minimum atomic E-state index is -0.832. The number of nitrogens with zero attached hydrogens (tertiary/aromatic N) is 2. The summed E-state index contributed by atoms with van der Waals surface area (Å²) in [5, 5.41) is 12.6. The molecule has 76 valence electrons. The van der Waals surface area contributed by atoms with Gasteiger partial charge in [-0.1, -0.05) is 0 Å². The van der Waals surface area contributed by atoms with Gasteiger partial charge in [-0.15, -0.1) is 0 Å². The molecule has 1 saturated heterocycles. The molecule has 1 N–H and O–H groups in total. The van der Waals surface area contributed by atoms with Crippen LogP contribution in [0.4, 0.5) is 0 Å². The van der Waals surface area contributed by atoms with Crippen LogP contribution in [0.25, 0.3) is 0 Å². The van der Waals surface area contributed by atoms with Crippen LogP contribution in [-0.2, 0) is 9.53 Å². The van der Waals surface area contributed by atoms with E-state index in [4.69, 9.17) is 9.84 Å². The highest BCUT2D eigenvalue weighted by Gasteiger charge is 2.36. The zero-order chi connectivity index (χ0) is 10.0. The van der Waals surface area contributed by atoms with Gasteiger partial charge < -0.3 is 9.84 Å². The number of aliphatic carboxylic acids is 1. The Morgan fingerprint density at radius 2 is 2.23 bits per heavy atom. The Hall–Kier alpha value is -0.650. The lowest BCUT2D eigenvalue weighted by Crippen LogP contribution is -2.58. The first kappa shape index (κ1) is 10.4. The highest BCUT2D eigenvalue weighted by molar-refractivity contribution is 5.74. The molecule has 0 spiro atoms. The van der Waals surface area contributed by atoms with Crippen molar-refractivity contribution in [2.24, 2.45) is 0 Å². The Morgan fingerprint density at radius 3 is 2.62 bits per heavy atom. The third-order valence-corrected chi connectivity index (χ3v) is 2.23. The van der Waals surface area contributed by atoms with Crippen molar-refractivity contribution in [1.29, 1.82) is 0 Å². The fraction of sp³-hybridized carbons (Fsp3) is 0.875. The van der Waals surface area contributed by atoms with Crippen molar-refractivity contribution in [3.05, 3.63) is 0 Å². The summed E-state index contributed by atoms with van der Waals surface area (Å²) in [6, 6.07) is -0.566. The Kier molecular flexibility index (Phi) is 3.24. The molecule has 2 atom stereocenters. The molecule has 0 bridgehead atoms. The van der Waals surface area contributed by atoms with E-state index in [0.717, 1.165) is 0 Å². The van der Waals surface area contributed by atoms with Gasteiger partial charge in [-0.2, -0.15) is 0 Å². The maximum atomic E-state index is 10.9. The molecule has 1 aliphatic rings. The Morgan fingerprint density at radius 1 is 1.62 bits per heavy atom. The summed E-state index contributed by atoms with van der Waals surface area (Å²) in [5.41, 5.74) is 0.